The molecule has 20 heavy (non-hydrogen) atoms. The maximum Gasteiger partial charge on any atom is 0.242 e. The van der Waals surface area contributed by atoms with Crippen LogP contribution in [0.5, 0.6) is 11.6 Å². The smallest absolute Gasteiger partial charge is 0.242 e. The molecule has 3 heteroatoms. The van der Waals surface area contributed by atoms with E-state index in [1.54, 1.807) is 0 Å². The van der Waals surface area contributed by atoms with Crippen molar-refractivity contribution in [2.24, 2.45) is 0 Å². The highest BCUT2D eigenvalue weighted by Gasteiger charge is 2.20. The van der Waals surface area contributed by atoms with Gasteiger partial charge in [-0.25, -0.2) is 4.98 Å². The predicted octanol–water partition coefficient (Wildman–Crippen LogP) is 4.37. The van der Waals surface area contributed by atoms with Crippen molar-refractivity contribution in [1.82, 2.24) is 4.98 Å². The third-order valence-electron chi connectivity index (χ3n) is 3.18. The maximum absolute atomic E-state index is 5.97. The van der Waals surface area contributed by atoms with E-state index < -0.39 is 0 Å². The quantitative estimate of drug-likeness (QED) is 0.881. The fourth-order valence-electron chi connectivity index (χ4n) is 2.05. The van der Waals surface area contributed by atoms with E-state index in [0.717, 1.165) is 17.0 Å². The Hall–Kier alpha value is -2.03. The largest absolute Gasteiger partial charge is 0.437 e. The normalized spacial score (nSPS) is 11.4. The lowest BCUT2D eigenvalue weighted by Gasteiger charge is -2.23. The van der Waals surface area contributed by atoms with Crippen LogP contribution >= 0.6 is 0 Å². The average Bonchev–Trinajstić information content (AvgIpc) is 2.34. The maximum atomic E-state index is 5.97. The average molecular weight is 270 g/mol. The van der Waals surface area contributed by atoms with Gasteiger partial charge in [0.1, 0.15) is 5.75 Å². The van der Waals surface area contributed by atoms with Gasteiger partial charge in [-0.3, -0.25) is 0 Å². The lowest BCUT2D eigenvalue weighted by atomic mass is 9.85. The van der Waals surface area contributed by atoms with Crippen LogP contribution in [0.2, 0.25) is 0 Å². The second-order valence-electron chi connectivity index (χ2n) is 6.20. The Morgan fingerprint density at radius 2 is 1.75 bits per heavy atom. The van der Waals surface area contributed by atoms with Gasteiger partial charge < -0.3 is 10.5 Å². The van der Waals surface area contributed by atoms with Crippen molar-refractivity contribution < 1.29 is 4.74 Å². The molecule has 1 heterocycles. The van der Waals surface area contributed by atoms with Gasteiger partial charge in [-0.05, 0) is 37.5 Å². The number of rotatable bonds is 2. The highest BCUT2D eigenvalue weighted by molar-refractivity contribution is 5.51. The number of pyridine rings is 1. The second-order valence-corrected chi connectivity index (χ2v) is 6.20. The highest BCUT2D eigenvalue weighted by atomic mass is 16.5. The van der Waals surface area contributed by atoms with Gasteiger partial charge in [-0.15, -0.1) is 0 Å². The molecule has 0 aliphatic carbocycles. The van der Waals surface area contributed by atoms with Gasteiger partial charge >= 0.3 is 0 Å². The van der Waals surface area contributed by atoms with Crippen molar-refractivity contribution in [3.63, 3.8) is 0 Å². The number of nitrogens with two attached hydrogens (primary N) is 1. The summed E-state index contributed by atoms with van der Waals surface area (Å²) >= 11 is 0. The van der Waals surface area contributed by atoms with Gasteiger partial charge in [0, 0.05) is 11.3 Å². The van der Waals surface area contributed by atoms with E-state index >= 15 is 0 Å². The number of aryl methyl sites for hydroxylation is 2. The van der Waals surface area contributed by atoms with Gasteiger partial charge in [0.05, 0.1) is 5.69 Å². The number of nitrogens with zero attached hydrogens (tertiary/aromatic N) is 1. The summed E-state index contributed by atoms with van der Waals surface area (Å²) in [4.78, 5) is 4.37. The molecule has 0 fully saturated rings. The molecule has 0 saturated heterocycles. The van der Waals surface area contributed by atoms with Crippen molar-refractivity contribution in [2.45, 2.75) is 40.0 Å². The summed E-state index contributed by atoms with van der Waals surface area (Å²) in [7, 11) is 0. The molecule has 3 nitrogen and oxygen atoms in total. The van der Waals surface area contributed by atoms with E-state index in [-0.39, 0.29) is 5.41 Å². The molecule has 2 aromatic rings. The molecule has 106 valence electrons. The van der Waals surface area contributed by atoms with Crippen molar-refractivity contribution in [2.75, 3.05) is 5.73 Å². The molecule has 2 N–H and O–H groups in total. The molecular formula is C17H22N2O. The molecule has 2 rings (SSSR count). The second kappa shape index (κ2) is 5.16. The summed E-state index contributed by atoms with van der Waals surface area (Å²) in [5.74, 6) is 1.28. The van der Waals surface area contributed by atoms with E-state index in [4.69, 9.17) is 10.5 Å². The monoisotopic (exact) mass is 270 g/mol. The first-order valence-corrected chi connectivity index (χ1v) is 6.79. The van der Waals surface area contributed by atoms with Crippen molar-refractivity contribution in [3.8, 4) is 11.6 Å². The third-order valence-corrected chi connectivity index (χ3v) is 3.18. The van der Waals surface area contributed by atoms with Crippen LogP contribution in [0.25, 0.3) is 0 Å². The van der Waals surface area contributed by atoms with Gasteiger partial charge in [0.2, 0.25) is 5.88 Å². The number of nitrogen functional groups attached to an aromatic ring is 1. The lowest BCUT2D eigenvalue weighted by Crippen LogP contribution is -2.13. The minimum atomic E-state index is -0.0000593. The number of ether oxygens (including phenoxy) is 1. The van der Waals surface area contributed by atoms with E-state index in [2.05, 4.69) is 38.7 Å². The Labute approximate surface area is 120 Å². The number of aromatic nitrogens is 1. The first-order valence-electron chi connectivity index (χ1n) is 6.79. The first kappa shape index (κ1) is 14.4. The van der Waals surface area contributed by atoms with Crippen LogP contribution in [0, 0.1) is 13.8 Å². The van der Waals surface area contributed by atoms with Gasteiger partial charge in [0.25, 0.3) is 0 Å². The molecule has 1 aromatic carbocycles. The van der Waals surface area contributed by atoms with Crippen LogP contribution in [0.1, 0.15) is 37.6 Å². The molecule has 0 radical (unpaired) electrons. The number of benzene rings is 1. The van der Waals surface area contributed by atoms with Crippen LogP contribution in [0.3, 0.4) is 0 Å². The zero-order chi connectivity index (χ0) is 14.9. The van der Waals surface area contributed by atoms with E-state index in [0.29, 0.717) is 11.6 Å². The summed E-state index contributed by atoms with van der Waals surface area (Å²) < 4.78 is 5.97. The number of hydrogen-bond donors (Lipinski definition) is 1. The van der Waals surface area contributed by atoms with E-state index in [1.165, 1.54) is 5.56 Å². The molecule has 0 bridgehead atoms. The summed E-state index contributed by atoms with van der Waals surface area (Å²) in [6.45, 7) is 10.5. The molecule has 0 unspecified atom stereocenters. The van der Waals surface area contributed by atoms with Crippen LogP contribution in [-0.4, -0.2) is 4.98 Å². The van der Waals surface area contributed by atoms with Crippen LogP contribution in [0.4, 0.5) is 5.69 Å². The Kier molecular flexibility index (Phi) is 3.71. The Morgan fingerprint density at radius 3 is 2.40 bits per heavy atom. The molecule has 1 aromatic heterocycles. The summed E-state index contributed by atoms with van der Waals surface area (Å²) in [5.41, 5.74) is 9.75. The molecule has 0 saturated carbocycles. The van der Waals surface area contributed by atoms with Crippen LogP contribution < -0.4 is 10.5 Å². The third kappa shape index (κ3) is 3.10. The Bertz CT molecular complexity index is 627. The van der Waals surface area contributed by atoms with E-state index in [1.807, 2.05) is 31.2 Å². The van der Waals surface area contributed by atoms with Gasteiger partial charge in [-0.2, -0.15) is 0 Å². The molecule has 0 atom stereocenters. The molecule has 0 aliphatic rings. The molecular weight excluding hydrogens is 248 g/mol. The fraction of sp³-hybridized carbons (Fsp3) is 0.353. The van der Waals surface area contributed by atoms with Crippen LogP contribution in [0.15, 0.2) is 30.3 Å². The molecule has 0 aliphatic heterocycles. The summed E-state index contributed by atoms with van der Waals surface area (Å²) in [5, 5.41) is 0. The lowest BCUT2D eigenvalue weighted by molar-refractivity contribution is 0.441. The highest BCUT2D eigenvalue weighted by Crippen LogP contribution is 2.35. The molecule has 0 amide bonds. The van der Waals surface area contributed by atoms with Crippen molar-refractivity contribution in [3.05, 3.63) is 47.2 Å². The Morgan fingerprint density at radius 1 is 1.05 bits per heavy atom. The standard InChI is InChI=1S/C17H22N2O/c1-11-6-9-15(13(10-11)17(3,4)5)20-16-14(18)8-7-12(2)19-16/h6-10H,18H2,1-5H3. The summed E-state index contributed by atoms with van der Waals surface area (Å²) in [6, 6.07) is 9.88. The minimum Gasteiger partial charge on any atom is -0.437 e. The van der Waals surface area contributed by atoms with Crippen molar-refractivity contribution >= 4 is 5.69 Å². The fourth-order valence-corrected chi connectivity index (χ4v) is 2.05. The number of anilines is 1. The zero-order valence-corrected chi connectivity index (χ0v) is 12.8. The van der Waals surface area contributed by atoms with Gasteiger partial charge in [-0.1, -0.05) is 38.5 Å². The zero-order valence-electron chi connectivity index (χ0n) is 12.8. The van der Waals surface area contributed by atoms with Crippen molar-refractivity contribution in [1.29, 1.82) is 0 Å². The van der Waals surface area contributed by atoms with E-state index in [9.17, 15) is 0 Å². The van der Waals surface area contributed by atoms with Crippen LogP contribution in [-0.2, 0) is 5.41 Å². The predicted molar refractivity (Wildman–Crippen MR) is 83.3 cm³/mol. The number of hydrogen-bond acceptors (Lipinski definition) is 3. The molecule has 0 spiro atoms. The first-order chi connectivity index (χ1) is 9.27. The SMILES string of the molecule is Cc1ccc(Oc2nc(C)ccc2N)c(C(C)(C)C)c1. The topological polar surface area (TPSA) is 48.1 Å². The Balaban J connectivity index is 2.46. The summed E-state index contributed by atoms with van der Waals surface area (Å²) in [6.07, 6.45) is 0. The van der Waals surface area contributed by atoms with Gasteiger partial charge in [0.15, 0.2) is 0 Å². The minimum absolute atomic E-state index is 0.0000593.